The minimum Gasteiger partial charge on any atom is -0.479 e. The number of hydrogen-bond donors (Lipinski definition) is 1. The van der Waals surface area contributed by atoms with Crippen LogP contribution in [0.4, 0.5) is 4.79 Å². The van der Waals surface area contributed by atoms with E-state index in [1.54, 1.807) is 16.8 Å². The second-order valence-electron chi connectivity index (χ2n) is 6.14. The average Bonchev–Trinajstić information content (AvgIpc) is 3.08. The summed E-state index contributed by atoms with van der Waals surface area (Å²) in [6, 6.07) is -0.182. The maximum absolute atomic E-state index is 12.7. The van der Waals surface area contributed by atoms with Crippen molar-refractivity contribution in [2.75, 3.05) is 26.7 Å². The summed E-state index contributed by atoms with van der Waals surface area (Å²) >= 11 is 0. The van der Waals surface area contributed by atoms with Crippen molar-refractivity contribution in [3.8, 4) is 0 Å². The Labute approximate surface area is 126 Å². The molecule has 21 heavy (non-hydrogen) atoms. The van der Waals surface area contributed by atoms with Crippen LogP contribution in [0.5, 0.6) is 0 Å². The summed E-state index contributed by atoms with van der Waals surface area (Å²) in [5.74, 6) is -0.874. The lowest BCUT2D eigenvalue weighted by atomic mass is 9.91. The Morgan fingerprint density at radius 1 is 1.43 bits per heavy atom. The number of aliphatic carboxylic acids is 1. The first-order valence-corrected chi connectivity index (χ1v) is 7.89. The van der Waals surface area contributed by atoms with Gasteiger partial charge in [0.15, 0.2) is 0 Å². The molecule has 2 fully saturated rings. The van der Waals surface area contributed by atoms with Gasteiger partial charge in [0, 0.05) is 26.7 Å². The van der Waals surface area contributed by atoms with Crippen molar-refractivity contribution in [1.82, 2.24) is 9.80 Å². The molecule has 6 nitrogen and oxygen atoms in total. The van der Waals surface area contributed by atoms with E-state index in [2.05, 4.69) is 0 Å². The fourth-order valence-corrected chi connectivity index (χ4v) is 3.54. The second-order valence-corrected chi connectivity index (χ2v) is 6.14. The van der Waals surface area contributed by atoms with Crippen molar-refractivity contribution in [2.45, 2.75) is 57.1 Å². The monoisotopic (exact) mass is 298 g/mol. The van der Waals surface area contributed by atoms with Crippen LogP contribution in [0.25, 0.3) is 0 Å². The molecule has 2 rings (SSSR count). The fraction of sp³-hybridized carbons (Fsp3) is 0.867. The third-order valence-corrected chi connectivity index (χ3v) is 4.61. The van der Waals surface area contributed by atoms with Crippen molar-refractivity contribution in [1.29, 1.82) is 0 Å². The van der Waals surface area contributed by atoms with E-state index in [1.807, 2.05) is 6.92 Å². The lowest BCUT2D eigenvalue weighted by molar-refractivity contribution is -0.148. The molecule has 2 saturated heterocycles. The molecule has 0 bridgehead atoms. The number of carbonyl (C=O) groups excluding carboxylic acids is 1. The van der Waals surface area contributed by atoms with Crippen molar-refractivity contribution in [3.63, 3.8) is 0 Å². The van der Waals surface area contributed by atoms with Crippen LogP contribution in [0.2, 0.25) is 0 Å². The maximum atomic E-state index is 12.7. The number of ether oxygens (including phenoxy) is 1. The van der Waals surface area contributed by atoms with Crippen LogP contribution in [-0.2, 0) is 9.53 Å². The van der Waals surface area contributed by atoms with Gasteiger partial charge in [0.1, 0.15) is 5.54 Å². The number of hydrogen-bond acceptors (Lipinski definition) is 3. The van der Waals surface area contributed by atoms with Gasteiger partial charge in [-0.1, -0.05) is 13.3 Å². The zero-order valence-corrected chi connectivity index (χ0v) is 13.0. The molecule has 0 saturated carbocycles. The Balaban J connectivity index is 2.06. The fourth-order valence-electron chi connectivity index (χ4n) is 3.54. The molecular formula is C15H26N2O4. The van der Waals surface area contributed by atoms with Gasteiger partial charge in [-0.25, -0.2) is 9.59 Å². The molecule has 0 aliphatic carbocycles. The normalized spacial score (nSPS) is 28.9. The molecule has 2 unspecified atom stereocenters. The van der Waals surface area contributed by atoms with E-state index in [1.165, 1.54) is 0 Å². The molecule has 0 aromatic carbocycles. The number of carboxylic acids is 1. The molecule has 0 aromatic heterocycles. The van der Waals surface area contributed by atoms with Gasteiger partial charge in [-0.2, -0.15) is 0 Å². The highest BCUT2D eigenvalue weighted by Gasteiger charge is 2.50. The van der Waals surface area contributed by atoms with Gasteiger partial charge in [0.2, 0.25) is 0 Å². The molecule has 0 aromatic rings. The molecule has 2 atom stereocenters. The molecule has 2 aliphatic rings. The molecule has 0 radical (unpaired) electrons. The first-order valence-electron chi connectivity index (χ1n) is 7.89. The number of amides is 2. The standard InChI is InChI=1S/C15H26N2O4/c1-3-7-15(13(18)19)8-5-9-17(15)14(20)16(2)11-12-6-4-10-21-12/h12H,3-11H2,1-2H3,(H,18,19). The SMILES string of the molecule is CCCC1(C(=O)O)CCCN1C(=O)N(C)CC1CCCO1. The predicted molar refractivity (Wildman–Crippen MR) is 78.2 cm³/mol. The minimum atomic E-state index is -1.02. The van der Waals surface area contributed by atoms with Crippen LogP contribution in [-0.4, -0.2) is 65.3 Å². The quantitative estimate of drug-likeness (QED) is 0.842. The first kappa shape index (κ1) is 16.1. The molecule has 0 spiro atoms. The van der Waals surface area contributed by atoms with E-state index in [0.29, 0.717) is 25.9 Å². The van der Waals surface area contributed by atoms with Crippen molar-refractivity contribution >= 4 is 12.0 Å². The molecular weight excluding hydrogens is 272 g/mol. The number of likely N-dealkylation sites (N-methyl/N-ethyl adjacent to an activating group) is 1. The summed E-state index contributed by atoms with van der Waals surface area (Å²) < 4.78 is 5.55. The van der Waals surface area contributed by atoms with Crippen molar-refractivity contribution < 1.29 is 19.4 Å². The van der Waals surface area contributed by atoms with Crippen molar-refractivity contribution in [3.05, 3.63) is 0 Å². The number of nitrogens with zero attached hydrogens (tertiary/aromatic N) is 2. The zero-order chi connectivity index (χ0) is 15.5. The van der Waals surface area contributed by atoms with Crippen LogP contribution in [0.3, 0.4) is 0 Å². The Bertz CT molecular complexity index is 395. The van der Waals surface area contributed by atoms with Crippen LogP contribution in [0.15, 0.2) is 0 Å². The lowest BCUT2D eigenvalue weighted by Gasteiger charge is -2.37. The van der Waals surface area contributed by atoms with Gasteiger partial charge in [-0.05, 0) is 32.1 Å². The summed E-state index contributed by atoms with van der Waals surface area (Å²) in [5, 5.41) is 9.64. The van der Waals surface area contributed by atoms with E-state index in [4.69, 9.17) is 4.74 Å². The van der Waals surface area contributed by atoms with Gasteiger partial charge in [0.25, 0.3) is 0 Å². The highest BCUT2D eigenvalue weighted by molar-refractivity contribution is 5.87. The molecule has 2 amide bonds. The number of rotatable bonds is 5. The highest BCUT2D eigenvalue weighted by atomic mass is 16.5. The Morgan fingerprint density at radius 3 is 2.76 bits per heavy atom. The summed E-state index contributed by atoms with van der Waals surface area (Å²) in [5.41, 5.74) is -1.02. The molecule has 1 N–H and O–H groups in total. The van der Waals surface area contributed by atoms with E-state index in [9.17, 15) is 14.7 Å². The summed E-state index contributed by atoms with van der Waals surface area (Å²) in [6.07, 6.45) is 4.67. The van der Waals surface area contributed by atoms with E-state index < -0.39 is 11.5 Å². The van der Waals surface area contributed by atoms with Crippen LogP contribution in [0, 0.1) is 0 Å². The van der Waals surface area contributed by atoms with Crippen LogP contribution in [0.1, 0.15) is 45.4 Å². The zero-order valence-electron chi connectivity index (χ0n) is 13.0. The van der Waals surface area contributed by atoms with Gasteiger partial charge >= 0.3 is 12.0 Å². The molecule has 2 heterocycles. The Hall–Kier alpha value is -1.30. The number of carboxylic acid groups (broad SMARTS) is 1. The van der Waals surface area contributed by atoms with Gasteiger partial charge in [-0.3, -0.25) is 0 Å². The third kappa shape index (κ3) is 3.15. The lowest BCUT2D eigenvalue weighted by Crippen LogP contribution is -2.56. The number of carbonyl (C=O) groups is 2. The Morgan fingerprint density at radius 2 is 2.19 bits per heavy atom. The van der Waals surface area contributed by atoms with Crippen LogP contribution >= 0.6 is 0 Å². The maximum Gasteiger partial charge on any atom is 0.329 e. The minimum absolute atomic E-state index is 0.0898. The number of likely N-dealkylation sites (tertiary alicyclic amines) is 1. The van der Waals surface area contributed by atoms with Gasteiger partial charge < -0.3 is 19.6 Å². The molecule has 2 aliphatic heterocycles. The largest absolute Gasteiger partial charge is 0.479 e. The molecule has 6 heteroatoms. The van der Waals surface area contributed by atoms with Gasteiger partial charge in [0.05, 0.1) is 6.10 Å². The van der Waals surface area contributed by atoms with Crippen LogP contribution < -0.4 is 0 Å². The summed E-state index contributed by atoms with van der Waals surface area (Å²) in [4.78, 5) is 27.6. The predicted octanol–water partition coefficient (Wildman–Crippen LogP) is 1.94. The van der Waals surface area contributed by atoms with Crippen molar-refractivity contribution in [2.24, 2.45) is 0 Å². The third-order valence-electron chi connectivity index (χ3n) is 4.61. The summed E-state index contributed by atoms with van der Waals surface area (Å²) in [7, 11) is 1.74. The smallest absolute Gasteiger partial charge is 0.329 e. The first-order chi connectivity index (χ1) is 10.0. The summed E-state index contributed by atoms with van der Waals surface area (Å²) in [6.45, 7) is 3.78. The second kappa shape index (κ2) is 6.64. The highest BCUT2D eigenvalue weighted by Crippen LogP contribution is 2.34. The average molecular weight is 298 g/mol. The topological polar surface area (TPSA) is 70.1 Å². The van der Waals surface area contributed by atoms with E-state index >= 15 is 0 Å². The van der Waals surface area contributed by atoms with Gasteiger partial charge in [-0.15, -0.1) is 0 Å². The Kier molecular flexibility index (Phi) is 5.08. The molecule has 120 valence electrons. The number of urea groups is 1. The van der Waals surface area contributed by atoms with E-state index in [0.717, 1.165) is 32.3 Å². The van der Waals surface area contributed by atoms with E-state index in [-0.39, 0.29) is 12.1 Å².